The molecular weight excluding hydrogens is 297 g/mol. The first-order chi connectivity index (χ1) is 8.88. The van der Waals surface area contributed by atoms with Gasteiger partial charge in [-0.1, -0.05) is 23.2 Å². The Balaban J connectivity index is 0.000000459. The predicted octanol–water partition coefficient (Wildman–Crippen LogP) is 1.75. The average molecular weight is 310 g/mol. The van der Waals surface area contributed by atoms with Crippen molar-refractivity contribution in [3.63, 3.8) is 0 Å². The lowest BCUT2D eigenvalue weighted by Crippen LogP contribution is -2.15. The first kappa shape index (κ1) is 17.5. The molecule has 0 heterocycles. The molecule has 1 rings (SSSR count). The van der Waals surface area contributed by atoms with Crippen molar-refractivity contribution in [1.29, 1.82) is 0 Å². The summed E-state index contributed by atoms with van der Waals surface area (Å²) in [5, 5.41) is 18.8. The first-order valence-corrected chi connectivity index (χ1v) is 5.82. The van der Waals surface area contributed by atoms with Crippen molar-refractivity contribution in [2.24, 2.45) is 0 Å². The van der Waals surface area contributed by atoms with Crippen LogP contribution in [0.1, 0.15) is 0 Å². The van der Waals surface area contributed by atoms with Gasteiger partial charge in [-0.15, -0.1) is 0 Å². The number of hydrogen-bond donors (Lipinski definition) is 3. The maximum atomic E-state index is 9.10. The Morgan fingerprint density at radius 3 is 2.21 bits per heavy atom. The molecule has 8 heteroatoms. The van der Waals surface area contributed by atoms with Crippen LogP contribution in [0.15, 0.2) is 18.2 Å². The van der Waals surface area contributed by atoms with Crippen LogP contribution in [0.5, 0.6) is 5.75 Å². The van der Waals surface area contributed by atoms with Crippen molar-refractivity contribution < 1.29 is 24.5 Å². The standard InChI is InChI=1S/C9H11Cl2NO.C2H2O4/c1-12-4-5-13-7-2-3-8(10)9(11)6-7;3-1(4)2(5)6/h2-3,6,12H,4-5H2,1H3;(H,3,4)(H,5,6). The van der Waals surface area contributed by atoms with Crippen LogP contribution in [0.3, 0.4) is 0 Å². The molecule has 0 atom stereocenters. The molecule has 0 aromatic heterocycles. The topological polar surface area (TPSA) is 95.9 Å². The van der Waals surface area contributed by atoms with Crippen LogP contribution in [-0.4, -0.2) is 42.4 Å². The molecule has 19 heavy (non-hydrogen) atoms. The molecular formula is C11H13Cl2NO5. The summed E-state index contributed by atoms with van der Waals surface area (Å²) in [5.74, 6) is -2.91. The third-order valence-corrected chi connectivity index (χ3v) is 2.43. The number of likely N-dealkylation sites (N-methyl/N-ethyl adjacent to an activating group) is 1. The number of carboxylic acid groups (broad SMARTS) is 2. The number of carboxylic acids is 2. The fraction of sp³-hybridized carbons (Fsp3) is 0.273. The largest absolute Gasteiger partial charge is 0.492 e. The van der Waals surface area contributed by atoms with Crippen LogP contribution in [0.2, 0.25) is 10.0 Å². The molecule has 3 N–H and O–H groups in total. The SMILES string of the molecule is CNCCOc1ccc(Cl)c(Cl)c1.O=C(O)C(=O)O. The van der Waals surface area contributed by atoms with E-state index in [1.807, 2.05) is 7.05 Å². The summed E-state index contributed by atoms with van der Waals surface area (Å²) in [6.45, 7) is 1.43. The quantitative estimate of drug-likeness (QED) is 0.579. The predicted molar refractivity (Wildman–Crippen MR) is 71.2 cm³/mol. The molecule has 0 unspecified atom stereocenters. The van der Waals surface area contributed by atoms with E-state index in [9.17, 15) is 0 Å². The van der Waals surface area contributed by atoms with Gasteiger partial charge in [0.25, 0.3) is 0 Å². The van der Waals surface area contributed by atoms with E-state index in [0.29, 0.717) is 16.7 Å². The molecule has 106 valence electrons. The van der Waals surface area contributed by atoms with E-state index < -0.39 is 11.9 Å². The van der Waals surface area contributed by atoms with Crippen molar-refractivity contribution in [2.75, 3.05) is 20.2 Å². The molecule has 0 saturated carbocycles. The molecule has 0 amide bonds. The number of hydrogen-bond acceptors (Lipinski definition) is 4. The second-order valence-corrected chi connectivity index (χ2v) is 3.95. The zero-order valence-electron chi connectivity index (χ0n) is 10.0. The number of ether oxygens (including phenoxy) is 1. The van der Waals surface area contributed by atoms with Crippen LogP contribution < -0.4 is 10.1 Å². The summed E-state index contributed by atoms with van der Waals surface area (Å²) >= 11 is 11.5. The molecule has 1 aromatic rings. The van der Waals surface area contributed by atoms with E-state index in [4.69, 9.17) is 47.7 Å². The molecule has 0 aliphatic rings. The normalized spacial score (nSPS) is 9.21. The van der Waals surface area contributed by atoms with E-state index in [1.54, 1.807) is 18.2 Å². The van der Waals surface area contributed by atoms with Gasteiger partial charge in [0.05, 0.1) is 10.0 Å². The third-order valence-electron chi connectivity index (χ3n) is 1.69. The van der Waals surface area contributed by atoms with Crippen LogP contribution in [-0.2, 0) is 9.59 Å². The summed E-state index contributed by atoms with van der Waals surface area (Å²) in [4.78, 5) is 18.2. The van der Waals surface area contributed by atoms with E-state index in [1.165, 1.54) is 0 Å². The summed E-state index contributed by atoms with van der Waals surface area (Å²) < 4.78 is 5.38. The highest BCUT2D eigenvalue weighted by Crippen LogP contribution is 2.26. The highest BCUT2D eigenvalue weighted by atomic mass is 35.5. The van der Waals surface area contributed by atoms with Gasteiger partial charge in [0.1, 0.15) is 12.4 Å². The summed E-state index contributed by atoms with van der Waals surface area (Å²) in [5.41, 5.74) is 0. The van der Waals surface area contributed by atoms with Crippen molar-refractivity contribution in [3.8, 4) is 5.75 Å². The summed E-state index contributed by atoms with van der Waals surface area (Å²) in [6.07, 6.45) is 0. The molecule has 0 saturated heterocycles. The van der Waals surface area contributed by atoms with Gasteiger partial charge < -0.3 is 20.3 Å². The lowest BCUT2D eigenvalue weighted by Gasteiger charge is -2.06. The number of rotatable bonds is 4. The second-order valence-electron chi connectivity index (χ2n) is 3.14. The van der Waals surface area contributed by atoms with E-state index in [-0.39, 0.29) is 0 Å². The third kappa shape index (κ3) is 8.25. The molecule has 1 aromatic carbocycles. The minimum atomic E-state index is -1.82. The Morgan fingerprint density at radius 2 is 1.79 bits per heavy atom. The number of benzene rings is 1. The minimum Gasteiger partial charge on any atom is -0.492 e. The smallest absolute Gasteiger partial charge is 0.414 e. The zero-order valence-corrected chi connectivity index (χ0v) is 11.5. The van der Waals surface area contributed by atoms with Crippen molar-refractivity contribution in [3.05, 3.63) is 28.2 Å². The van der Waals surface area contributed by atoms with E-state index >= 15 is 0 Å². The van der Waals surface area contributed by atoms with Crippen molar-refractivity contribution in [2.45, 2.75) is 0 Å². The molecule has 0 bridgehead atoms. The summed E-state index contributed by atoms with van der Waals surface area (Å²) in [7, 11) is 1.87. The molecule has 6 nitrogen and oxygen atoms in total. The Labute approximate surface area is 119 Å². The first-order valence-electron chi connectivity index (χ1n) is 5.07. The lowest BCUT2D eigenvalue weighted by atomic mass is 10.3. The maximum absolute atomic E-state index is 9.10. The van der Waals surface area contributed by atoms with Crippen LogP contribution in [0.4, 0.5) is 0 Å². The second kappa shape index (κ2) is 9.43. The number of aliphatic carboxylic acids is 2. The van der Waals surface area contributed by atoms with Gasteiger partial charge in [0.2, 0.25) is 0 Å². The Morgan fingerprint density at radius 1 is 1.21 bits per heavy atom. The van der Waals surface area contributed by atoms with Crippen LogP contribution in [0, 0.1) is 0 Å². The fourth-order valence-corrected chi connectivity index (χ4v) is 1.13. The van der Waals surface area contributed by atoms with Gasteiger partial charge in [0, 0.05) is 12.6 Å². The minimum absolute atomic E-state index is 0.517. The number of nitrogens with one attached hydrogen (secondary N) is 1. The maximum Gasteiger partial charge on any atom is 0.414 e. The monoisotopic (exact) mass is 309 g/mol. The molecule has 0 aliphatic heterocycles. The highest BCUT2D eigenvalue weighted by molar-refractivity contribution is 6.42. The molecule has 0 fully saturated rings. The van der Waals surface area contributed by atoms with Gasteiger partial charge in [-0.05, 0) is 19.2 Å². The Hall–Kier alpha value is -1.50. The lowest BCUT2D eigenvalue weighted by molar-refractivity contribution is -0.159. The van der Waals surface area contributed by atoms with Gasteiger partial charge >= 0.3 is 11.9 Å². The zero-order chi connectivity index (χ0) is 14.8. The van der Waals surface area contributed by atoms with Gasteiger partial charge in [-0.25, -0.2) is 9.59 Å². The molecule has 0 aliphatic carbocycles. The Kier molecular flexibility index (Phi) is 8.69. The number of halogens is 2. The highest BCUT2D eigenvalue weighted by Gasteiger charge is 2.04. The Bertz CT molecular complexity index is 427. The van der Waals surface area contributed by atoms with Crippen LogP contribution >= 0.6 is 23.2 Å². The van der Waals surface area contributed by atoms with Crippen molar-refractivity contribution in [1.82, 2.24) is 5.32 Å². The van der Waals surface area contributed by atoms with E-state index in [2.05, 4.69) is 5.32 Å². The average Bonchev–Trinajstić information content (AvgIpc) is 2.34. The van der Waals surface area contributed by atoms with Crippen molar-refractivity contribution >= 4 is 35.1 Å². The van der Waals surface area contributed by atoms with Gasteiger partial charge in [-0.3, -0.25) is 0 Å². The van der Waals surface area contributed by atoms with E-state index in [0.717, 1.165) is 12.3 Å². The van der Waals surface area contributed by atoms with Gasteiger partial charge in [-0.2, -0.15) is 0 Å². The molecule has 0 spiro atoms. The summed E-state index contributed by atoms with van der Waals surface area (Å²) in [6, 6.07) is 5.22. The molecule has 0 radical (unpaired) electrons. The number of carbonyl (C=O) groups is 2. The fourth-order valence-electron chi connectivity index (χ4n) is 0.838. The van der Waals surface area contributed by atoms with Crippen LogP contribution in [0.25, 0.3) is 0 Å². The van der Waals surface area contributed by atoms with Gasteiger partial charge in [0.15, 0.2) is 0 Å².